The van der Waals surface area contributed by atoms with E-state index >= 15 is 0 Å². The molecule has 3 rings (SSSR count). The third kappa shape index (κ3) is 3.64. The number of carbonyl (C=O) groups is 1. The first-order chi connectivity index (χ1) is 12.5. The monoisotopic (exact) mass is 370 g/mol. The summed E-state index contributed by atoms with van der Waals surface area (Å²) in [4.78, 5) is 25.2. The van der Waals surface area contributed by atoms with Crippen LogP contribution < -0.4 is 10.9 Å². The van der Waals surface area contributed by atoms with Gasteiger partial charge in [0.2, 0.25) is 0 Å². The Kier molecular flexibility index (Phi) is 5.40. The van der Waals surface area contributed by atoms with E-state index in [0.717, 1.165) is 5.56 Å². The first kappa shape index (κ1) is 18.2. The molecular formula is C20H19ClN2O3. The number of benzene rings is 2. The summed E-state index contributed by atoms with van der Waals surface area (Å²) < 4.78 is 6.62. The van der Waals surface area contributed by atoms with Gasteiger partial charge in [0.15, 0.2) is 0 Å². The number of methoxy groups -OCH3 is 1. The molecule has 0 aliphatic rings. The molecule has 0 radical (unpaired) electrons. The van der Waals surface area contributed by atoms with E-state index in [1.54, 1.807) is 48.2 Å². The van der Waals surface area contributed by atoms with Gasteiger partial charge in [-0.05, 0) is 37.3 Å². The summed E-state index contributed by atoms with van der Waals surface area (Å²) in [6.45, 7) is 2.82. The van der Waals surface area contributed by atoms with Gasteiger partial charge in [0.1, 0.15) is 0 Å². The zero-order chi connectivity index (χ0) is 18.7. The minimum atomic E-state index is -0.310. The van der Waals surface area contributed by atoms with E-state index in [1.165, 1.54) is 0 Å². The second kappa shape index (κ2) is 7.72. The number of aromatic nitrogens is 1. The average molecular weight is 371 g/mol. The lowest BCUT2D eigenvalue weighted by molar-refractivity contribution is 0.102. The molecule has 0 saturated carbocycles. The lowest BCUT2D eigenvalue weighted by Crippen LogP contribution is -2.22. The zero-order valence-electron chi connectivity index (χ0n) is 14.6. The Morgan fingerprint density at radius 2 is 2.00 bits per heavy atom. The van der Waals surface area contributed by atoms with Crippen molar-refractivity contribution >= 4 is 34.0 Å². The number of anilines is 1. The fourth-order valence-electron chi connectivity index (χ4n) is 2.80. The maximum Gasteiger partial charge on any atom is 0.258 e. The average Bonchev–Trinajstić information content (AvgIpc) is 2.63. The van der Waals surface area contributed by atoms with Gasteiger partial charge < -0.3 is 14.6 Å². The van der Waals surface area contributed by atoms with Gasteiger partial charge in [0, 0.05) is 36.3 Å². The Morgan fingerprint density at radius 3 is 2.77 bits per heavy atom. The van der Waals surface area contributed by atoms with Gasteiger partial charge in [-0.15, -0.1) is 0 Å². The SMILES string of the molecule is COCCn1ccc2c(NC(=O)c3cc(C)ccc3Cl)cccc2c1=O. The highest BCUT2D eigenvalue weighted by Crippen LogP contribution is 2.23. The van der Waals surface area contributed by atoms with Crippen LogP contribution in [0.25, 0.3) is 10.8 Å². The predicted molar refractivity (Wildman–Crippen MR) is 104 cm³/mol. The second-order valence-corrected chi connectivity index (χ2v) is 6.42. The van der Waals surface area contributed by atoms with Crippen LogP contribution in [0, 0.1) is 6.92 Å². The fourth-order valence-corrected chi connectivity index (χ4v) is 3.00. The second-order valence-electron chi connectivity index (χ2n) is 6.01. The van der Waals surface area contributed by atoms with E-state index in [1.807, 2.05) is 19.1 Å². The third-order valence-electron chi connectivity index (χ3n) is 4.17. The quantitative estimate of drug-likeness (QED) is 0.741. The van der Waals surface area contributed by atoms with Crippen LogP contribution in [0.3, 0.4) is 0 Å². The lowest BCUT2D eigenvalue weighted by atomic mass is 10.1. The summed E-state index contributed by atoms with van der Waals surface area (Å²) >= 11 is 6.14. The van der Waals surface area contributed by atoms with Crippen LogP contribution in [0.1, 0.15) is 15.9 Å². The summed E-state index contributed by atoms with van der Waals surface area (Å²) in [5.41, 5.74) is 1.79. The summed E-state index contributed by atoms with van der Waals surface area (Å²) in [5, 5.41) is 4.47. The van der Waals surface area contributed by atoms with Crippen molar-refractivity contribution in [1.29, 1.82) is 0 Å². The maximum atomic E-state index is 12.6. The molecule has 3 aromatic rings. The van der Waals surface area contributed by atoms with E-state index in [4.69, 9.17) is 16.3 Å². The number of aryl methyl sites for hydroxylation is 1. The van der Waals surface area contributed by atoms with E-state index in [0.29, 0.717) is 40.2 Å². The molecule has 0 spiro atoms. The lowest BCUT2D eigenvalue weighted by Gasteiger charge is -2.12. The molecule has 1 aromatic heterocycles. The minimum Gasteiger partial charge on any atom is -0.383 e. The van der Waals surface area contributed by atoms with Crippen molar-refractivity contribution in [2.24, 2.45) is 0 Å². The molecule has 134 valence electrons. The Morgan fingerprint density at radius 1 is 1.19 bits per heavy atom. The molecule has 0 unspecified atom stereocenters. The highest BCUT2D eigenvalue weighted by Gasteiger charge is 2.13. The fraction of sp³-hybridized carbons (Fsp3) is 0.200. The molecular weight excluding hydrogens is 352 g/mol. The standard InChI is InChI=1S/C20H19ClN2O3/c1-13-6-7-17(21)16(12-13)19(24)22-18-5-3-4-15-14(18)8-9-23(20(15)25)10-11-26-2/h3-9,12H,10-11H2,1-2H3,(H,22,24). The molecule has 5 nitrogen and oxygen atoms in total. The molecule has 0 aliphatic heterocycles. The molecule has 1 N–H and O–H groups in total. The molecule has 6 heteroatoms. The smallest absolute Gasteiger partial charge is 0.258 e. The predicted octanol–water partition coefficient (Wildman–Crippen LogP) is 3.86. The number of ether oxygens (including phenoxy) is 1. The maximum absolute atomic E-state index is 12.6. The number of hydrogen-bond acceptors (Lipinski definition) is 3. The van der Waals surface area contributed by atoms with E-state index in [2.05, 4.69) is 5.32 Å². The topological polar surface area (TPSA) is 60.3 Å². The molecule has 0 aliphatic carbocycles. The van der Waals surface area contributed by atoms with Gasteiger partial charge in [-0.1, -0.05) is 29.3 Å². The van der Waals surface area contributed by atoms with Gasteiger partial charge in [-0.2, -0.15) is 0 Å². The Bertz CT molecular complexity index is 1030. The van der Waals surface area contributed by atoms with Crippen LogP contribution in [0.2, 0.25) is 5.02 Å². The number of fused-ring (bicyclic) bond motifs is 1. The van der Waals surface area contributed by atoms with Crippen molar-refractivity contribution in [2.75, 3.05) is 19.0 Å². The van der Waals surface area contributed by atoms with Crippen LogP contribution in [0.5, 0.6) is 0 Å². The van der Waals surface area contributed by atoms with Crippen LogP contribution in [-0.2, 0) is 11.3 Å². The number of amides is 1. The van der Waals surface area contributed by atoms with Gasteiger partial charge in [-0.3, -0.25) is 9.59 Å². The van der Waals surface area contributed by atoms with Gasteiger partial charge in [0.05, 0.1) is 17.2 Å². The van der Waals surface area contributed by atoms with Crippen molar-refractivity contribution in [1.82, 2.24) is 4.57 Å². The molecule has 1 heterocycles. The highest BCUT2D eigenvalue weighted by molar-refractivity contribution is 6.34. The van der Waals surface area contributed by atoms with Gasteiger partial charge >= 0.3 is 0 Å². The number of rotatable bonds is 5. The number of carbonyl (C=O) groups excluding carboxylic acids is 1. The summed E-state index contributed by atoms with van der Waals surface area (Å²) in [7, 11) is 1.59. The van der Waals surface area contributed by atoms with Crippen molar-refractivity contribution < 1.29 is 9.53 Å². The first-order valence-corrected chi connectivity index (χ1v) is 8.57. The Hall–Kier alpha value is -2.63. The Labute approximate surface area is 156 Å². The van der Waals surface area contributed by atoms with Crippen molar-refractivity contribution in [3.63, 3.8) is 0 Å². The van der Waals surface area contributed by atoms with Gasteiger partial charge in [-0.25, -0.2) is 0 Å². The summed E-state index contributed by atoms with van der Waals surface area (Å²) in [5.74, 6) is -0.310. The van der Waals surface area contributed by atoms with Crippen LogP contribution >= 0.6 is 11.6 Å². The van der Waals surface area contributed by atoms with Crippen molar-refractivity contribution in [3.05, 3.63) is 75.2 Å². The number of halogens is 1. The molecule has 0 fully saturated rings. The molecule has 0 saturated heterocycles. The van der Waals surface area contributed by atoms with E-state index in [-0.39, 0.29) is 11.5 Å². The highest BCUT2D eigenvalue weighted by atomic mass is 35.5. The molecule has 2 aromatic carbocycles. The number of nitrogens with zero attached hydrogens (tertiary/aromatic N) is 1. The number of nitrogens with one attached hydrogen (secondary N) is 1. The normalized spacial score (nSPS) is 10.9. The Balaban J connectivity index is 1.98. The van der Waals surface area contributed by atoms with Crippen LogP contribution in [0.4, 0.5) is 5.69 Å². The number of pyridine rings is 1. The molecule has 0 atom stereocenters. The molecule has 1 amide bonds. The van der Waals surface area contributed by atoms with E-state index < -0.39 is 0 Å². The molecule has 26 heavy (non-hydrogen) atoms. The molecule has 0 bridgehead atoms. The number of hydrogen-bond donors (Lipinski definition) is 1. The summed E-state index contributed by atoms with van der Waals surface area (Å²) in [6, 6.07) is 12.4. The third-order valence-corrected chi connectivity index (χ3v) is 4.50. The zero-order valence-corrected chi connectivity index (χ0v) is 15.3. The van der Waals surface area contributed by atoms with E-state index in [9.17, 15) is 9.59 Å². The van der Waals surface area contributed by atoms with Crippen LogP contribution in [-0.4, -0.2) is 24.2 Å². The largest absolute Gasteiger partial charge is 0.383 e. The first-order valence-electron chi connectivity index (χ1n) is 8.20. The van der Waals surface area contributed by atoms with Crippen molar-refractivity contribution in [3.8, 4) is 0 Å². The van der Waals surface area contributed by atoms with Crippen molar-refractivity contribution in [2.45, 2.75) is 13.5 Å². The van der Waals surface area contributed by atoms with Gasteiger partial charge in [0.25, 0.3) is 11.5 Å². The summed E-state index contributed by atoms with van der Waals surface area (Å²) in [6.07, 6.45) is 1.71. The van der Waals surface area contributed by atoms with Crippen LogP contribution in [0.15, 0.2) is 53.5 Å². The minimum absolute atomic E-state index is 0.121.